The molecular formula is C14H18N6O2. The number of anilines is 1. The molecule has 116 valence electrons. The molecule has 0 spiro atoms. The Morgan fingerprint density at radius 2 is 2.18 bits per heavy atom. The maximum atomic E-state index is 12.6. The van der Waals surface area contributed by atoms with Crippen LogP contribution in [0.3, 0.4) is 0 Å². The molecule has 8 heteroatoms. The molecule has 3 rings (SSSR count). The highest BCUT2D eigenvalue weighted by Gasteiger charge is 2.34. The summed E-state index contributed by atoms with van der Waals surface area (Å²) in [7, 11) is 3.75. The summed E-state index contributed by atoms with van der Waals surface area (Å²) < 4.78 is 5.02. The van der Waals surface area contributed by atoms with Crippen molar-refractivity contribution < 1.29 is 9.32 Å². The Kier molecular flexibility index (Phi) is 3.74. The van der Waals surface area contributed by atoms with Gasteiger partial charge in [0.2, 0.25) is 5.89 Å². The third kappa shape index (κ3) is 2.63. The van der Waals surface area contributed by atoms with E-state index in [1.54, 1.807) is 24.0 Å². The number of hydrogen-bond acceptors (Lipinski definition) is 7. The van der Waals surface area contributed by atoms with Gasteiger partial charge in [0.25, 0.3) is 5.91 Å². The molecule has 1 amide bonds. The minimum atomic E-state index is -0.153. The second-order valence-corrected chi connectivity index (χ2v) is 5.50. The first kappa shape index (κ1) is 14.4. The Morgan fingerprint density at radius 1 is 1.36 bits per heavy atom. The van der Waals surface area contributed by atoms with E-state index in [4.69, 9.17) is 4.52 Å². The minimum absolute atomic E-state index is 0.150. The smallest absolute Gasteiger partial charge is 0.274 e. The van der Waals surface area contributed by atoms with Crippen molar-refractivity contribution in [2.24, 2.45) is 0 Å². The van der Waals surface area contributed by atoms with E-state index in [9.17, 15) is 4.79 Å². The van der Waals surface area contributed by atoms with Crippen LogP contribution in [0.2, 0.25) is 0 Å². The van der Waals surface area contributed by atoms with Crippen LogP contribution in [0.25, 0.3) is 0 Å². The summed E-state index contributed by atoms with van der Waals surface area (Å²) in [6, 6.07) is 3.32. The zero-order valence-electron chi connectivity index (χ0n) is 12.9. The first-order valence-corrected chi connectivity index (χ1v) is 7.18. The molecule has 0 N–H and O–H groups in total. The van der Waals surface area contributed by atoms with Crippen molar-refractivity contribution in [3.05, 3.63) is 29.5 Å². The topological polar surface area (TPSA) is 88.3 Å². The molecule has 0 aliphatic carbocycles. The predicted octanol–water partition coefficient (Wildman–Crippen LogP) is 1.21. The molecule has 2 aromatic rings. The van der Waals surface area contributed by atoms with Gasteiger partial charge < -0.3 is 14.3 Å². The van der Waals surface area contributed by atoms with Gasteiger partial charge >= 0.3 is 0 Å². The van der Waals surface area contributed by atoms with Crippen molar-refractivity contribution in [3.63, 3.8) is 0 Å². The molecule has 0 bridgehead atoms. The van der Waals surface area contributed by atoms with E-state index < -0.39 is 0 Å². The highest BCUT2D eigenvalue weighted by atomic mass is 16.5. The lowest BCUT2D eigenvalue weighted by Crippen LogP contribution is -2.32. The lowest BCUT2D eigenvalue weighted by Gasteiger charge is -2.21. The van der Waals surface area contributed by atoms with Crippen LogP contribution < -0.4 is 4.90 Å². The van der Waals surface area contributed by atoms with Gasteiger partial charge in [-0.1, -0.05) is 5.16 Å². The Morgan fingerprint density at radius 3 is 2.77 bits per heavy atom. The number of carbonyl (C=O) groups excluding carboxylic acids is 1. The number of rotatable bonds is 3. The summed E-state index contributed by atoms with van der Waals surface area (Å²) in [6.07, 6.45) is 1.74. The predicted molar refractivity (Wildman–Crippen MR) is 78.4 cm³/mol. The summed E-state index contributed by atoms with van der Waals surface area (Å²) in [5.74, 6) is 1.62. The Balaban J connectivity index is 1.81. The molecule has 0 unspecified atom stereocenters. The maximum absolute atomic E-state index is 12.6. The zero-order chi connectivity index (χ0) is 15.7. The fraction of sp³-hybridized carbons (Fsp3) is 0.500. The average Bonchev–Trinajstić information content (AvgIpc) is 3.15. The molecule has 1 fully saturated rings. The summed E-state index contributed by atoms with van der Waals surface area (Å²) in [4.78, 5) is 20.5. The van der Waals surface area contributed by atoms with Gasteiger partial charge in [0.05, 0.1) is 6.04 Å². The number of aromatic nitrogens is 4. The first-order valence-electron chi connectivity index (χ1n) is 7.18. The van der Waals surface area contributed by atoms with Crippen LogP contribution in [-0.2, 0) is 0 Å². The molecule has 0 aromatic carbocycles. The van der Waals surface area contributed by atoms with Gasteiger partial charge in [0.15, 0.2) is 17.3 Å². The van der Waals surface area contributed by atoms with Gasteiger partial charge in [-0.3, -0.25) is 4.79 Å². The Bertz CT molecular complexity index is 666. The number of likely N-dealkylation sites (tertiary alicyclic amines) is 1. The van der Waals surface area contributed by atoms with Crippen LogP contribution in [0.1, 0.15) is 41.1 Å². The van der Waals surface area contributed by atoms with Crippen molar-refractivity contribution in [1.82, 2.24) is 25.2 Å². The van der Waals surface area contributed by atoms with Crippen molar-refractivity contribution in [1.29, 1.82) is 0 Å². The SMILES string of the molecule is Cc1nc([C@@H]2CCCN2C(=O)c2ccc(N(C)C)nn2)no1. The number of aryl methyl sites for hydroxylation is 1. The molecule has 1 atom stereocenters. The summed E-state index contributed by atoms with van der Waals surface area (Å²) >= 11 is 0. The van der Waals surface area contributed by atoms with Crippen LogP contribution in [0.4, 0.5) is 5.82 Å². The van der Waals surface area contributed by atoms with E-state index in [1.807, 2.05) is 19.0 Å². The maximum Gasteiger partial charge on any atom is 0.274 e. The van der Waals surface area contributed by atoms with Gasteiger partial charge in [-0.2, -0.15) is 4.98 Å². The highest BCUT2D eigenvalue weighted by Crippen LogP contribution is 2.31. The van der Waals surface area contributed by atoms with Gasteiger partial charge in [-0.25, -0.2) is 0 Å². The van der Waals surface area contributed by atoms with Crippen LogP contribution in [0, 0.1) is 6.92 Å². The van der Waals surface area contributed by atoms with Crippen LogP contribution in [-0.4, -0.2) is 51.8 Å². The van der Waals surface area contributed by atoms with Gasteiger partial charge in [0.1, 0.15) is 0 Å². The van der Waals surface area contributed by atoms with Crippen molar-refractivity contribution in [3.8, 4) is 0 Å². The fourth-order valence-corrected chi connectivity index (χ4v) is 2.55. The molecule has 1 saturated heterocycles. The third-order valence-electron chi connectivity index (χ3n) is 3.68. The zero-order valence-corrected chi connectivity index (χ0v) is 12.9. The molecule has 0 radical (unpaired) electrons. The van der Waals surface area contributed by atoms with E-state index in [2.05, 4.69) is 20.3 Å². The molecule has 8 nitrogen and oxygen atoms in total. The molecular weight excluding hydrogens is 284 g/mol. The van der Waals surface area contributed by atoms with Crippen molar-refractivity contribution in [2.45, 2.75) is 25.8 Å². The average molecular weight is 302 g/mol. The fourth-order valence-electron chi connectivity index (χ4n) is 2.55. The molecule has 3 heterocycles. The largest absolute Gasteiger partial charge is 0.361 e. The molecule has 22 heavy (non-hydrogen) atoms. The monoisotopic (exact) mass is 302 g/mol. The second-order valence-electron chi connectivity index (χ2n) is 5.50. The number of amides is 1. The van der Waals surface area contributed by atoms with E-state index in [-0.39, 0.29) is 11.9 Å². The number of nitrogens with zero attached hydrogens (tertiary/aromatic N) is 6. The van der Waals surface area contributed by atoms with Crippen LogP contribution in [0.5, 0.6) is 0 Å². The van der Waals surface area contributed by atoms with Crippen LogP contribution >= 0.6 is 0 Å². The lowest BCUT2D eigenvalue weighted by molar-refractivity contribution is 0.0721. The van der Waals surface area contributed by atoms with E-state index in [0.29, 0.717) is 29.8 Å². The molecule has 1 aliphatic heterocycles. The highest BCUT2D eigenvalue weighted by molar-refractivity contribution is 5.92. The molecule has 0 saturated carbocycles. The standard InChI is InChI=1S/C14H18N6O2/c1-9-15-13(18-22-9)11-5-4-8-20(11)14(21)10-6-7-12(17-16-10)19(2)3/h6-7,11H,4-5,8H2,1-3H3/t11-/m0/s1. The second kappa shape index (κ2) is 5.70. The lowest BCUT2D eigenvalue weighted by atomic mass is 10.2. The van der Waals surface area contributed by atoms with E-state index in [1.165, 1.54) is 0 Å². The summed E-state index contributed by atoms with van der Waals surface area (Å²) in [5.41, 5.74) is 0.331. The van der Waals surface area contributed by atoms with E-state index in [0.717, 1.165) is 12.8 Å². The Labute approximate surface area is 128 Å². The molecule has 1 aliphatic rings. The first-order chi connectivity index (χ1) is 10.6. The van der Waals surface area contributed by atoms with Crippen molar-refractivity contribution in [2.75, 3.05) is 25.5 Å². The minimum Gasteiger partial charge on any atom is -0.361 e. The van der Waals surface area contributed by atoms with Crippen molar-refractivity contribution >= 4 is 11.7 Å². The van der Waals surface area contributed by atoms with E-state index >= 15 is 0 Å². The molecule has 2 aromatic heterocycles. The third-order valence-corrected chi connectivity index (χ3v) is 3.68. The number of hydrogen-bond donors (Lipinski definition) is 0. The summed E-state index contributed by atoms with van der Waals surface area (Å²) in [5, 5.41) is 12.0. The Hall–Kier alpha value is -2.51. The van der Waals surface area contributed by atoms with Gasteiger partial charge in [-0.05, 0) is 25.0 Å². The quantitative estimate of drug-likeness (QED) is 0.842. The normalized spacial score (nSPS) is 17.8. The van der Waals surface area contributed by atoms with Gasteiger partial charge in [-0.15, -0.1) is 10.2 Å². The number of carbonyl (C=O) groups is 1. The van der Waals surface area contributed by atoms with Gasteiger partial charge in [0, 0.05) is 27.6 Å². The van der Waals surface area contributed by atoms with Crippen LogP contribution in [0.15, 0.2) is 16.7 Å². The summed E-state index contributed by atoms with van der Waals surface area (Å²) in [6.45, 7) is 2.40.